The molecule has 0 radical (unpaired) electrons. The predicted octanol–water partition coefficient (Wildman–Crippen LogP) is 7.81. The van der Waals surface area contributed by atoms with Gasteiger partial charge in [-0.15, -0.1) is 0 Å². The summed E-state index contributed by atoms with van der Waals surface area (Å²) in [4.78, 5) is 17.9. The van der Waals surface area contributed by atoms with Gasteiger partial charge in [-0.05, 0) is 71.3 Å². The van der Waals surface area contributed by atoms with Crippen LogP contribution in [-0.2, 0) is 16.6 Å². The molecule has 0 saturated heterocycles. The number of unbranched alkanes of at least 4 members (excludes halogenated alkanes) is 1. The van der Waals surface area contributed by atoms with Crippen molar-refractivity contribution in [1.82, 2.24) is 4.98 Å². The fraction of sp³-hybridized carbons (Fsp3) is 0.312. The fourth-order valence-corrected chi connectivity index (χ4v) is 4.59. The second-order valence-electron chi connectivity index (χ2n) is 10.0. The van der Waals surface area contributed by atoms with Gasteiger partial charge in [-0.3, -0.25) is 9.78 Å². The number of amides is 1. The van der Waals surface area contributed by atoms with Gasteiger partial charge in [0.1, 0.15) is 5.75 Å². The first-order chi connectivity index (χ1) is 17.3. The second-order valence-corrected chi connectivity index (χ2v) is 10.0. The Morgan fingerprint density at radius 2 is 1.67 bits per heavy atom. The molecule has 1 N–H and O–H groups in total. The van der Waals surface area contributed by atoms with Gasteiger partial charge in [-0.1, -0.05) is 75.7 Å². The lowest BCUT2D eigenvalue weighted by Gasteiger charge is -2.33. The molecule has 1 unspecified atom stereocenters. The highest BCUT2D eigenvalue weighted by molar-refractivity contribution is 6.00. The molecule has 0 bridgehead atoms. The SMILES string of the molecule is CCCCc1ccc2cc(NC(=O)C(C)(c3ccc(-c4cncc(OC)c4)cc3)C(C)C)ccc2c1. The van der Waals surface area contributed by atoms with E-state index in [1.165, 1.54) is 23.8 Å². The molecule has 0 aliphatic heterocycles. The van der Waals surface area contributed by atoms with Crippen molar-refractivity contribution >= 4 is 22.4 Å². The minimum absolute atomic E-state index is 0.00721. The number of aryl methyl sites for hydroxylation is 1. The van der Waals surface area contributed by atoms with Crippen LogP contribution in [0.4, 0.5) is 5.69 Å². The lowest BCUT2D eigenvalue weighted by atomic mass is 9.72. The van der Waals surface area contributed by atoms with Crippen LogP contribution in [0.15, 0.2) is 79.1 Å². The number of ether oxygens (including phenoxy) is 1. The molecule has 4 heteroatoms. The van der Waals surface area contributed by atoms with Gasteiger partial charge in [-0.25, -0.2) is 0 Å². The molecule has 4 rings (SSSR count). The van der Waals surface area contributed by atoms with Crippen LogP contribution >= 0.6 is 0 Å². The third kappa shape index (κ3) is 5.28. The largest absolute Gasteiger partial charge is 0.495 e. The number of carbonyl (C=O) groups is 1. The maximum absolute atomic E-state index is 13.7. The molecule has 0 saturated carbocycles. The molecule has 4 nitrogen and oxygen atoms in total. The van der Waals surface area contributed by atoms with Crippen molar-refractivity contribution in [1.29, 1.82) is 0 Å². The van der Waals surface area contributed by atoms with Crippen molar-refractivity contribution in [2.75, 3.05) is 12.4 Å². The molecule has 4 aromatic rings. The molecule has 0 spiro atoms. The Labute approximate surface area is 214 Å². The number of pyridine rings is 1. The minimum atomic E-state index is -0.690. The number of nitrogens with one attached hydrogen (secondary N) is 1. The number of hydrogen-bond acceptors (Lipinski definition) is 3. The number of carbonyl (C=O) groups excluding carboxylic acids is 1. The lowest BCUT2D eigenvalue weighted by molar-refractivity contribution is -0.122. The molecule has 36 heavy (non-hydrogen) atoms. The van der Waals surface area contributed by atoms with Crippen LogP contribution in [0.5, 0.6) is 5.75 Å². The van der Waals surface area contributed by atoms with E-state index in [1.807, 2.05) is 49.5 Å². The van der Waals surface area contributed by atoms with E-state index < -0.39 is 5.41 Å². The Morgan fingerprint density at radius 1 is 0.944 bits per heavy atom. The van der Waals surface area contributed by atoms with E-state index in [2.05, 4.69) is 61.4 Å². The zero-order valence-corrected chi connectivity index (χ0v) is 22.0. The van der Waals surface area contributed by atoms with E-state index in [4.69, 9.17) is 4.74 Å². The normalized spacial score (nSPS) is 12.9. The number of rotatable bonds is 9. The Hall–Kier alpha value is -3.66. The van der Waals surface area contributed by atoms with E-state index in [1.54, 1.807) is 13.3 Å². The zero-order valence-electron chi connectivity index (χ0n) is 22.0. The summed E-state index contributed by atoms with van der Waals surface area (Å²) in [6, 6.07) is 22.9. The van der Waals surface area contributed by atoms with E-state index >= 15 is 0 Å². The first-order valence-corrected chi connectivity index (χ1v) is 12.8. The van der Waals surface area contributed by atoms with Crippen molar-refractivity contribution in [2.24, 2.45) is 5.92 Å². The van der Waals surface area contributed by atoms with Crippen LogP contribution < -0.4 is 10.1 Å². The molecule has 0 aliphatic rings. The summed E-state index contributed by atoms with van der Waals surface area (Å²) < 4.78 is 5.31. The number of fused-ring (bicyclic) bond motifs is 1. The molecule has 0 aliphatic carbocycles. The average Bonchev–Trinajstić information content (AvgIpc) is 2.91. The van der Waals surface area contributed by atoms with Crippen LogP contribution in [0.1, 0.15) is 51.7 Å². The zero-order chi connectivity index (χ0) is 25.7. The Bertz CT molecular complexity index is 1340. The van der Waals surface area contributed by atoms with Crippen LogP contribution in [-0.4, -0.2) is 18.0 Å². The van der Waals surface area contributed by atoms with Gasteiger partial charge in [0.2, 0.25) is 5.91 Å². The van der Waals surface area contributed by atoms with Gasteiger partial charge in [0.15, 0.2) is 0 Å². The maximum Gasteiger partial charge on any atom is 0.235 e. The number of nitrogens with zero attached hydrogens (tertiary/aromatic N) is 1. The molecule has 3 aromatic carbocycles. The molecule has 1 atom stereocenters. The molecule has 1 aromatic heterocycles. The molecule has 1 amide bonds. The van der Waals surface area contributed by atoms with E-state index in [0.717, 1.165) is 39.9 Å². The summed E-state index contributed by atoms with van der Waals surface area (Å²) in [6.07, 6.45) is 7.00. The topological polar surface area (TPSA) is 51.2 Å². The number of anilines is 1. The standard InChI is InChI=1S/C32H36N2O2/c1-6-7-8-23-9-10-26-18-29(16-13-25(26)17-23)34-31(35)32(4,22(2)3)28-14-11-24(12-15-28)27-19-30(36-5)21-33-20-27/h9-22H,6-8H2,1-5H3,(H,34,35). The smallest absolute Gasteiger partial charge is 0.235 e. The lowest BCUT2D eigenvalue weighted by Crippen LogP contribution is -2.42. The highest BCUT2D eigenvalue weighted by atomic mass is 16.5. The second kappa shape index (κ2) is 10.9. The van der Waals surface area contributed by atoms with Crippen LogP contribution in [0.25, 0.3) is 21.9 Å². The Balaban J connectivity index is 1.57. The minimum Gasteiger partial charge on any atom is -0.495 e. The first kappa shape index (κ1) is 25.4. The highest BCUT2D eigenvalue weighted by Gasteiger charge is 2.38. The number of methoxy groups -OCH3 is 1. The highest BCUT2D eigenvalue weighted by Crippen LogP contribution is 2.35. The van der Waals surface area contributed by atoms with Gasteiger partial charge in [0.05, 0.1) is 18.7 Å². The van der Waals surface area contributed by atoms with Gasteiger partial charge in [-0.2, -0.15) is 0 Å². The van der Waals surface area contributed by atoms with Gasteiger partial charge in [0.25, 0.3) is 0 Å². The first-order valence-electron chi connectivity index (χ1n) is 12.8. The number of aromatic nitrogens is 1. The molecule has 186 valence electrons. The number of hydrogen-bond donors (Lipinski definition) is 1. The van der Waals surface area contributed by atoms with Crippen molar-refractivity contribution < 1.29 is 9.53 Å². The van der Waals surface area contributed by atoms with Gasteiger partial charge >= 0.3 is 0 Å². The molecule has 0 fully saturated rings. The summed E-state index contributed by atoms with van der Waals surface area (Å²) in [5, 5.41) is 5.54. The van der Waals surface area contributed by atoms with E-state index in [-0.39, 0.29) is 11.8 Å². The van der Waals surface area contributed by atoms with E-state index in [0.29, 0.717) is 0 Å². The Morgan fingerprint density at radius 3 is 2.36 bits per heavy atom. The summed E-state index contributed by atoms with van der Waals surface area (Å²) in [7, 11) is 1.64. The van der Waals surface area contributed by atoms with Gasteiger partial charge < -0.3 is 10.1 Å². The summed E-state index contributed by atoms with van der Waals surface area (Å²) in [6.45, 7) is 8.43. The van der Waals surface area contributed by atoms with E-state index in [9.17, 15) is 4.79 Å². The fourth-order valence-electron chi connectivity index (χ4n) is 4.59. The maximum atomic E-state index is 13.7. The van der Waals surface area contributed by atoms with Crippen molar-refractivity contribution in [3.63, 3.8) is 0 Å². The third-order valence-corrected chi connectivity index (χ3v) is 7.37. The van der Waals surface area contributed by atoms with Crippen molar-refractivity contribution in [2.45, 2.75) is 52.4 Å². The van der Waals surface area contributed by atoms with Crippen LogP contribution in [0, 0.1) is 5.92 Å². The third-order valence-electron chi connectivity index (χ3n) is 7.37. The summed E-state index contributed by atoms with van der Waals surface area (Å²) in [5.41, 5.74) is 4.48. The van der Waals surface area contributed by atoms with Crippen molar-refractivity contribution in [3.8, 4) is 16.9 Å². The monoisotopic (exact) mass is 480 g/mol. The summed E-state index contributed by atoms with van der Waals surface area (Å²) >= 11 is 0. The molecule has 1 heterocycles. The Kier molecular flexibility index (Phi) is 7.73. The van der Waals surface area contributed by atoms with Crippen LogP contribution in [0.3, 0.4) is 0 Å². The predicted molar refractivity (Wildman–Crippen MR) is 150 cm³/mol. The average molecular weight is 481 g/mol. The quantitative estimate of drug-likeness (QED) is 0.266. The summed E-state index contributed by atoms with van der Waals surface area (Å²) in [5.74, 6) is 0.811. The molecular weight excluding hydrogens is 444 g/mol. The molecular formula is C32H36N2O2. The van der Waals surface area contributed by atoms with Crippen molar-refractivity contribution in [3.05, 3.63) is 90.3 Å². The van der Waals surface area contributed by atoms with Gasteiger partial charge in [0, 0.05) is 17.4 Å². The van der Waals surface area contributed by atoms with Crippen LogP contribution in [0.2, 0.25) is 0 Å². The number of benzene rings is 3.